The molecule has 1 atom stereocenters. The van der Waals surface area contributed by atoms with Gasteiger partial charge in [-0.1, -0.05) is 30.3 Å². The summed E-state index contributed by atoms with van der Waals surface area (Å²) in [5.74, 6) is 0.215. The summed E-state index contributed by atoms with van der Waals surface area (Å²) >= 11 is 6.03. The van der Waals surface area contributed by atoms with Crippen LogP contribution in [0.5, 0.6) is 0 Å². The summed E-state index contributed by atoms with van der Waals surface area (Å²) in [5, 5.41) is 0.00840. The van der Waals surface area contributed by atoms with Gasteiger partial charge in [0.1, 0.15) is 0 Å². The van der Waals surface area contributed by atoms with Gasteiger partial charge in [-0.2, -0.15) is 0 Å². The van der Waals surface area contributed by atoms with Crippen molar-refractivity contribution < 1.29 is 4.79 Å². The van der Waals surface area contributed by atoms with Crippen molar-refractivity contribution in [1.29, 1.82) is 0 Å². The fraction of sp³-hybridized carbons (Fsp3) is 0.500. The highest BCUT2D eigenvalue weighted by molar-refractivity contribution is 6.22. The van der Waals surface area contributed by atoms with E-state index in [0.29, 0.717) is 6.42 Å². The second kappa shape index (κ2) is 4.02. The molecule has 0 bridgehead atoms. The number of carbonyl (C=O) groups is 1. The summed E-state index contributed by atoms with van der Waals surface area (Å²) in [6.07, 6.45) is 2.88. The van der Waals surface area contributed by atoms with Gasteiger partial charge in [-0.25, -0.2) is 0 Å². The van der Waals surface area contributed by atoms with Crippen LogP contribution in [0.2, 0.25) is 0 Å². The molecule has 1 aromatic carbocycles. The average Bonchev–Trinajstić information content (AvgIpc) is 3.03. The third-order valence-electron chi connectivity index (χ3n) is 3.90. The second-order valence-electron chi connectivity index (χ2n) is 5.22. The Morgan fingerprint density at radius 2 is 2.00 bits per heavy atom. The fourth-order valence-corrected chi connectivity index (χ4v) is 3.02. The van der Waals surface area contributed by atoms with Crippen LogP contribution in [0.15, 0.2) is 30.3 Å². The van der Waals surface area contributed by atoms with Crippen LogP contribution in [0, 0.1) is 0 Å². The van der Waals surface area contributed by atoms with E-state index in [4.69, 9.17) is 11.6 Å². The Labute approximate surface area is 107 Å². The predicted molar refractivity (Wildman–Crippen MR) is 68.2 cm³/mol. The van der Waals surface area contributed by atoms with Crippen LogP contribution >= 0.6 is 11.6 Å². The molecule has 2 aliphatic rings. The molecule has 1 saturated carbocycles. The summed E-state index contributed by atoms with van der Waals surface area (Å²) in [6, 6.07) is 10.5. The predicted octanol–water partition coefficient (Wildman–Crippen LogP) is 2.56. The molecular formula is C14H16ClNO. The van der Waals surface area contributed by atoms with Crippen molar-refractivity contribution in [3.05, 3.63) is 35.9 Å². The van der Waals surface area contributed by atoms with Gasteiger partial charge >= 0.3 is 0 Å². The van der Waals surface area contributed by atoms with E-state index in [0.717, 1.165) is 13.1 Å². The first kappa shape index (κ1) is 11.1. The van der Waals surface area contributed by atoms with Crippen LogP contribution in [0.25, 0.3) is 0 Å². The number of nitrogens with zero attached hydrogens (tertiary/aromatic N) is 1. The minimum absolute atomic E-state index is 0.00840. The first-order valence-corrected chi connectivity index (χ1v) is 6.61. The molecule has 17 heavy (non-hydrogen) atoms. The molecule has 1 amide bonds. The minimum Gasteiger partial charge on any atom is -0.340 e. The molecular weight excluding hydrogens is 234 g/mol. The van der Waals surface area contributed by atoms with E-state index in [1.807, 2.05) is 11.0 Å². The fourth-order valence-electron chi connectivity index (χ4n) is 2.72. The van der Waals surface area contributed by atoms with Crippen molar-refractivity contribution in [2.45, 2.75) is 30.1 Å². The van der Waals surface area contributed by atoms with Gasteiger partial charge in [-0.05, 0) is 18.4 Å². The summed E-state index contributed by atoms with van der Waals surface area (Å²) in [4.78, 5) is 13.7. The third kappa shape index (κ3) is 2.06. The quantitative estimate of drug-likeness (QED) is 0.754. The Balaban J connectivity index is 1.75. The molecule has 0 aromatic heterocycles. The van der Waals surface area contributed by atoms with Crippen molar-refractivity contribution >= 4 is 17.5 Å². The summed E-state index contributed by atoms with van der Waals surface area (Å²) in [7, 11) is 0. The molecule has 3 rings (SSSR count). The van der Waals surface area contributed by atoms with Crippen molar-refractivity contribution in [3.63, 3.8) is 0 Å². The number of likely N-dealkylation sites (tertiary alicyclic amines) is 1. The van der Waals surface area contributed by atoms with Gasteiger partial charge in [0.05, 0.1) is 5.38 Å². The third-order valence-corrected chi connectivity index (χ3v) is 4.19. The molecule has 1 aliphatic carbocycles. The molecule has 2 fully saturated rings. The zero-order valence-electron chi connectivity index (χ0n) is 9.73. The topological polar surface area (TPSA) is 20.3 Å². The van der Waals surface area contributed by atoms with Gasteiger partial charge in [0, 0.05) is 24.9 Å². The lowest BCUT2D eigenvalue weighted by Crippen LogP contribution is -2.33. The first-order chi connectivity index (χ1) is 8.20. The Bertz CT molecular complexity index is 427. The SMILES string of the molecule is O=C1CC(Cl)CN1CC1(c2ccccc2)CC1. The molecule has 0 N–H and O–H groups in total. The number of rotatable bonds is 3. The Morgan fingerprint density at radius 3 is 2.53 bits per heavy atom. The van der Waals surface area contributed by atoms with Crippen LogP contribution in [-0.4, -0.2) is 29.3 Å². The normalized spacial score (nSPS) is 26.3. The summed E-state index contributed by atoms with van der Waals surface area (Å²) < 4.78 is 0. The number of hydrogen-bond donors (Lipinski definition) is 0. The molecule has 1 saturated heterocycles. The number of benzene rings is 1. The van der Waals surface area contributed by atoms with Crippen molar-refractivity contribution in [2.75, 3.05) is 13.1 Å². The zero-order chi connectivity index (χ0) is 11.9. The molecule has 1 aliphatic heterocycles. The maximum atomic E-state index is 11.8. The lowest BCUT2D eigenvalue weighted by atomic mass is 9.95. The Kier molecular flexibility index (Phi) is 2.62. The second-order valence-corrected chi connectivity index (χ2v) is 5.84. The Hall–Kier alpha value is -1.02. The highest BCUT2D eigenvalue weighted by Gasteiger charge is 2.47. The average molecular weight is 250 g/mol. The zero-order valence-corrected chi connectivity index (χ0v) is 10.5. The molecule has 2 nitrogen and oxygen atoms in total. The lowest BCUT2D eigenvalue weighted by molar-refractivity contribution is -0.128. The lowest BCUT2D eigenvalue weighted by Gasteiger charge is -2.23. The van der Waals surface area contributed by atoms with E-state index < -0.39 is 0 Å². The van der Waals surface area contributed by atoms with Gasteiger partial charge in [0.15, 0.2) is 0 Å². The number of carbonyl (C=O) groups excluding carboxylic acids is 1. The van der Waals surface area contributed by atoms with Gasteiger partial charge in [0.25, 0.3) is 0 Å². The van der Waals surface area contributed by atoms with Crippen LogP contribution < -0.4 is 0 Å². The standard InChI is InChI=1S/C14H16ClNO/c15-12-8-13(17)16(9-12)10-14(6-7-14)11-4-2-1-3-5-11/h1-5,12H,6-10H2. The molecule has 3 heteroatoms. The van der Waals surface area contributed by atoms with Crippen molar-refractivity contribution in [3.8, 4) is 0 Å². The van der Waals surface area contributed by atoms with Crippen molar-refractivity contribution in [2.24, 2.45) is 0 Å². The molecule has 1 heterocycles. The highest BCUT2D eigenvalue weighted by atomic mass is 35.5. The molecule has 1 unspecified atom stereocenters. The highest BCUT2D eigenvalue weighted by Crippen LogP contribution is 2.49. The molecule has 0 radical (unpaired) electrons. The number of alkyl halides is 1. The van der Waals surface area contributed by atoms with Crippen LogP contribution in [0.4, 0.5) is 0 Å². The van der Waals surface area contributed by atoms with Crippen LogP contribution in [-0.2, 0) is 10.2 Å². The van der Waals surface area contributed by atoms with Gasteiger partial charge in [-0.3, -0.25) is 4.79 Å². The number of hydrogen-bond acceptors (Lipinski definition) is 1. The van der Waals surface area contributed by atoms with Gasteiger partial charge in [-0.15, -0.1) is 11.6 Å². The van der Waals surface area contributed by atoms with Crippen molar-refractivity contribution in [1.82, 2.24) is 4.90 Å². The Morgan fingerprint density at radius 1 is 1.29 bits per heavy atom. The van der Waals surface area contributed by atoms with Crippen LogP contribution in [0.3, 0.4) is 0 Å². The maximum absolute atomic E-state index is 11.8. The van der Waals surface area contributed by atoms with E-state index in [-0.39, 0.29) is 16.7 Å². The maximum Gasteiger partial charge on any atom is 0.224 e. The van der Waals surface area contributed by atoms with Gasteiger partial charge in [0.2, 0.25) is 5.91 Å². The molecule has 1 aromatic rings. The van der Waals surface area contributed by atoms with Gasteiger partial charge < -0.3 is 4.90 Å². The van der Waals surface area contributed by atoms with E-state index in [1.54, 1.807) is 0 Å². The summed E-state index contributed by atoms with van der Waals surface area (Å²) in [5.41, 5.74) is 1.59. The monoisotopic (exact) mass is 249 g/mol. The number of amides is 1. The van der Waals surface area contributed by atoms with E-state index in [9.17, 15) is 4.79 Å². The van der Waals surface area contributed by atoms with E-state index in [1.165, 1.54) is 18.4 Å². The summed E-state index contributed by atoms with van der Waals surface area (Å²) in [6.45, 7) is 1.56. The molecule has 0 spiro atoms. The first-order valence-electron chi connectivity index (χ1n) is 6.17. The minimum atomic E-state index is 0.00840. The number of halogens is 1. The van der Waals surface area contributed by atoms with E-state index in [2.05, 4.69) is 24.3 Å². The van der Waals surface area contributed by atoms with Crippen LogP contribution in [0.1, 0.15) is 24.8 Å². The molecule has 90 valence electrons. The smallest absolute Gasteiger partial charge is 0.224 e. The largest absolute Gasteiger partial charge is 0.340 e. The van der Waals surface area contributed by atoms with E-state index >= 15 is 0 Å².